The smallest absolute Gasteiger partial charge is 0.228 e. The lowest BCUT2D eigenvalue weighted by atomic mass is 10.0. The number of carbonyl (C=O) groups excluding carboxylic acids is 2. The molecule has 2 fully saturated rings. The van der Waals surface area contributed by atoms with Crippen LogP contribution in [0.2, 0.25) is 0 Å². The summed E-state index contributed by atoms with van der Waals surface area (Å²) in [6, 6.07) is 9.67. The molecule has 1 unspecified atom stereocenters. The van der Waals surface area contributed by atoms with E-state index in [2.05, 4.69) is 20.9 Å². The Kier molecular flexibility index (Phi) is 5.10. The van der Waals surface area contributed by atoms with Gasteiger partial charge in [-0.2, -0.15) is 0 Å². The van der Waals surface area contributed by atoms with Crippen molar-refractivity contribution in [2.24, 2.45) is 5.92 Å². The molecule has 0 radical (unpaired) electrons. The predicted octanol–water partition coefficient (Wildman–Crippen LogP) is 3.10. The number of halogens is 1. The number of ether oxygens (including phenoxy) is 1. The molecule has 1 aromatic carbocycles. The first kappa shape index (κ1) is 18.9. The van der Waals surface area contributed by atoms with Gasteiger partial charge < -0.3 is 14.5 Å². The summed E-state index contributed by atoms with van der Waals surface area (Å²) in [6.07, 6.45) is 1.87. The molecule has 2 saturated heterocycles. The minimum atomic E-state index is -0.295. The lowest BCUT2D eigenvalue weighted by Gasteiger charge is -2.40. The second kappa shape index (κ2) is 7.54. The summed E-state index contributed by atoms with van der Waals surface area (Å²) < 4.78 is 6.63. The van der Waals surface area contributed by atoms with E-state index in [1.54, 1.807) is 16.0 Å². The molecule has 6 nitrogen and oxygen atoms in total. The van der Waals surface area contributed by atoms with Gasteiger partial charge in [-0.15, -0.1) is 0 Å². The Labute approximate surface area is 172 Å². The standard InChI is InChI=1S/C21H22BrN3O3/c1-13-5-6-16(8-14(13)2)25-10-15(9-19(25)26)21(27)24-11-17(12-24)28-20-18(22)4-3-7-23-20/h3-8,15,17H,9-12H2,1-2H3. The minimum absolute atomic E-state index is 0.00680. The molecule has 7 heteroatoms. The highest BCUT2D eigenvalue weighted by atomic mass is 79.9. The van der Waals surface area contributed by atoms with Crippen LogP contribution in [0, 0.1) is 19.8 Å². The molecule has 0 N–H and O–H groups in total. The van der Waals surface area contributed by atoms with E-state index in [0.29, 0.717) is 25.5 Å². The first-order chi connectivity index (χ1) is 13.4. The summed E-state index contributed by atoms with van der Waals surface area (Å²) in [6.45, 7) is 5.56. The van der Waals surface area contributed by atoms with Crippen molar-refractivity contribution >= 4 is 33.4 Å². The fourth-order valence-electron chi connectivity index (χ4n) is 3.58. The summed E-state index contributed by atoms with van der Waals surface area (Å²) >= 11 is 3.41. The third-order valence-electron chi connectivity index (χ3n) is 5.44. The van der Waals surface area contributed by atoms with Crippen LogP contribution < -0.4 is 9.64 Å². The maximum absolute atomic E-state index is 12.8. The van der Waals surface area contributed by atoms with E-state index < -0.39 is 0 Å². The van der Waals surface area contributed by atoms with Gasteiger partial charge in [0.25, 0.3) is 0 Å². The first-order valence-corrected chi connectivity index (χ1v) is 10.1. The highest BCUT2D eigenvalue weighted by Crippen LogP contribution is 2.30. The van der Waals surface area contributed by atoms with Gasteiger partial charge in [-0.25, -0.2) is 4.98 Å². The number of amides is 2. The third-order valence-corrected chi connectivity index (χ3v) is 6.04. The van der Waals surface area contributed by atoms with Crippen molar-refractivity contribution in [1.29, 1.82) is 0 Å². The van der Waals surface area contributed by atoms with Gasteiger partial charge >= 0.3 is 0 Å². The molecule has 4 rings (SSSR count). The number of likely N-dealkylation sites (tertiary alicyclic amines) is 1. The fraction of sp³-hybridized carbons (Fsp3) is 0.381. The molecule has 1 atom stereocenters. The molecule has 28 heavy (non-hydrogen) atoms. The van der Waals surface area contributed by atoms with Crippen LogP contribution in [0.4, 0.5) is 5.69 Å². The largest absolute Gasteiger partial charge is 0.470 e. The second-order valence-corrected chi connectivity index (χ2v) is 8.30. The van der Waals surface area contributed by atoms with Crippen molar-refractivity contribution in [3.63, 3.8) is 0 Å². The van der Waals surface area contributed by atoms with Crippen LogP contribution in [0.15, 0.2) is 41.0 Å². The van der Waals surface area contributed by atoms with Crippen LogP contribution in [-0.4, -0.2) is 47.4 Å². The highest BCUT2D eigenvalue weighted by Gasteiger charge is 2.41. The molecule has 0 bridgehead atoms. The predicted molar refractivity (Wildman–Crippen MR) is 109 cm³/mol. The van der Waals surface area contributed by atoms with Crippen LogP contribution >= 0.6 is 15.9 Å². The van der Waals surface area contributed by atoms with Gasteiger partial charge in [0.15, 0.2) is 0 Å². The number of aromatic nitrogens is 1. The Morgan fingerprint density at radius 2 is 1.96 bits per heavy atom. The second-order valence-electron chi connectivity index (χ2n) is 7.45. The SMILES string of the molecule is Cc1ccc(N2CC(C(=O)N3CC(Oc4ncccc4Br)C3)CC2=O)cc1C. The Balaban J connectivity index is 1.34. The summed E-state index contributed by atoms with van der Waals surface area (Å²) in [7, 11) is 0. The van der Waals surface area contributed by atoms with E-state index in [1.807, 2.05) is 44.2 Å². The molecule has 2 aromatic rings. The zero-order chi connectivity index (χ0) is 19.8. The Morgan fingerprint density at radius 3 is 2.68 bits per heavy atom. The molecule has 2 aliphatic rings. The average Bonchev–Trinajstić information content (AvgIpc) is 3.03. The number of rotatable bonds is 4. The number of benzene rings is 1. The molecule has 3 heterocycles. The molecular weight excluding hydrogens is 422 g/mol. The average molecular weight is 444 g/mol. The maximum Gasteiger partial charge on any atom is 0.228 e. The van der Waals surface area contributed by atoms with Gasteiger partial charge in [-0.05, 0) is 65.2 Å². The fourth-order valence-corrected chi connectivity index (χ4v) is 3.93. The lowest BCUT2D eigenvalue weighted by Crippen LogP contribution is -2.57. The van der Waals surface area contributed by atoms with Crippen LogP contribution in [0.5, 0.6) is 5.88 Å². The van der Waals surface area contributed by atoms with E-state index >= 15 is 0 Å². The van der Waals surface area contributed by atoms with Crippen molar-refractivity contribution in [3.8, 4) is 5.88 Å². The molecule has 0 aliphatic carbocycles. The molecular formula is C21H22BrN3O3. The third kappa shape index (κ3) is 3.63. The van der Waals surface area contributed by atoms with Crippen molar-refractivity contribution in [2.45, 2.75) is 26.4 Å². The van der Waals surface area contributed by atoms with E-state index in [1.165, 1.54) is 5.56 Å². The number of carbonyl (C=O) groups is 2. The number of hydrogen-bond acceptors (Lipinski definition) is 4. The molecule has 2 amide bonds. The van der Waals surface area contributed by atoms with Gasteiger partial charge in [0, 0.05) is 24.8 Å². The Morgan fingerprint density at radius 1 is 1.18 bits per heavy atom. The van der Waals surface area contributed by atoms with E-state index in [-0.39, 0.29) is 30.3 Å². The normalized spacial score (nSPS) is 19.7. The van der Waals surface area contributed by atoms with Crippen LogP contribution in [0.1, 0.15) is 17.5 Å². The van der Waals surface area contributed by atoms with Crippen molar-refractivity contribution in [2.75, 3.05) is 24.5 Å². The lowest BCUT2D eigenvalue weighted by molar-refractivity contribution is -0.144. The van der Waals surface area contributed by atoms with Gasteiger partial charge in [-0.1, -0.05) is 6.07 Å². The summed E-state index contributed by atoms with van der Waals surface area (Å²) in [5.41, 5.74) is 3.20. The topological polar surface area (TPSA) is 62.7 Å². The zero-order valence-electron chi connectivity index (χ0n) is 15.9. The Bertz CT molecular complexity index is 927. The number of anilines is 1. The highest BCUT2D eigenvalue weighted by molar-refractivity contribution is 9.10. The molecule has 0 spiro atoms. The van der Waals surface area contributed by atoms with Gasteiger partial charge in [-0.3, -0.25) is 9.59 Å². The number of pyridine rings is 1. The summed E-state index contributed by atoms with van der Waals surface area (Å²) in [4.78, 5) is 33.0. The molecule has 146 valence electrons. The summed E-state index contributed by atoms with van der Waals surface area (Å²) in [5.74, 6) is 0.278. The van der Waals surface area contributed by atoms with Crippen molar-refractivity contribution in [1.82, 2.24) is 9.88 Å². The van der Waals surface area contributed by atoms with Crippen LogP contribution in [0.25, 0.3) is 0 Å². The quantitative estimate of drug-likeness (QED) is 0.727. The van der Waals surface area contributed by atoms with Gasteiger partial charge in [0.2, 0.25) is 17.7 Å². The maximum atomic E-state index is 12.8. The Hall–Kier alpha value is -2.41. The number of aryl methyl sites for hydroxylation is 2. The molecule has 0 saturated carbocycles. The van der Waals surface area contributed by atoms with Crippen LogP contribution in [0.3, 0.4) is 0 Å². The first-order valence-electron chi connectivity index (χ1n) is 9.36. The molecule has 2 aliphatic heterocycles. The van der Waals surface area contributed by atoms with Crippen molar-refractivity contribution < 1.29 is 14.3 Å². The zero-order valence-corrected chi connectivity index (χ0v) is 17.5. The van der Waals surface area contributed by atoms with E-state index in [9.17, 15) is 9.59 Å². The number of nitrogens with zero attached hydrogens (tertiary/aromatic N) is 3. The minimum Gasteiger partial charge on any atom is -0.470 e. The number of hydrogen-bond donors (Lipinski definition) is 0. The van der Waals surface area contributed by atoms with E-state index in [4.69, 9.17) is 4.74 Å². The van der Waals surface area contributed by atoms with Crippen LogP contribution in [-0.2, 0) is 9.59 Å². The van der Waals surface area contributed by atoms with E-state index in [0.717, 1.165) is 15.7 Å². The monoisotopic (exact) mass is 443 g/mol. The summed E-state index contributed by atoms with van der Waals surface area (Å²) in [5, 5.41) is 0. The van der Waals surface area contributed by atoms with Gasteiger partial charge in [0.05, 0.1) is 23.5 Å². The van der Waals surface area contributed by atoms with Gasteiger partial charge in [0.1, 0.15) is 6.10 Å². The van der Waals surface area contributed by atoms with Crippen molar-refractivity contribution in [3.05, 3.63) is 52.1 Å². The molecule has 1 aromatic heterocycles.